The highest BCUT2D eigenvalue weighted by Crippen LogP contribution is 2.11. The molecule has 0 fully saturated rings. The Morgan fingerprint density at radius 3 is 1.41 bits per heavy atom. The second kappa shape index (κ2) is 8.89. The van der Waals surface area contributed by atoms with Crippen molar-refractivity contribution in [2.75, 3.05) is 0 Å². The number of hydrogen-bond acceptors (Lipinski definition) is 6. The summed E-state index contributed by atoms with van der Waals surface area (Å²) in [6.07, 6.45) is 0. The van der Waals surface area contributed by atoms with Crippen LogP contribution >= 0.6 is 0 Å². The Balaban J connectivity index is 1.74. The Kier molecular flexibility index (Phi) is 5.97. The summed E-state index contributed by atoms with van der Waals surface area (Å²) < 4.78 is 13.1. The number of aromatic nitrogens is 4. The predicted octanol–water partition coefficient (Wildman–Crippen LogP) is 2.27. The van der Waals surface area contributed by atoms with Gasteiger partial charge in [0.05, 0.1) is 0 Å². The number of benzene rings is 2. The van der Waals surface area contributed by atoms with E-state index in [0.717, 1.165) is 33.6 Å². The first-order chi connectivity index (χ1) is 16.2. The van der Waals surface area contributed by atoms with Gasteiger partial charge >= 0.3 is 22.6 Å². The monoisotopic (exact) mass is 462 g/mol. The van der Waals surface area contributed by atoms with E-state index in [9.17, 15) is 9.59 Å². The molecule has 0 aliphatic rings. The van der Waals surface area contributed by atoms with Gasteiger partial charge in [0.2, 0.25) is 11.4 Å². The van der Waals surface area contributed by atoms with E-state index in [1.54, 1.807) is 13.8 Å². The van der Waals surface area contributed by atoms with E-state index < -0.39 is 11.3 Å². The van der Waals surface area contributed by atoms with Gasteiger partial charge in [0.1, 0.15) is 11.4 Å². The topological polar surface area (TPSA) is 124 Å². The van der Waals surface area contributed by atoms with Gasteiger partial charge < -0.3 is 0 Å². The third-order valence-electron chi connectivity index (χ3n) is 5.83. The maximum Gasteiger partial charge on any atom is 0.437 e. The van der Waals surface area contributed by atoms with Crippen LogP contribution in [0.15, 0.2) is 65.2 Å². The first-order valence-electron chi connectivity index (χ1n) is 10.7. The van der Waals surface area contributed by atoms with Crippen molar-refractivity contribution >= 4 is 11.4 Å². The molecule has 0 atom stereocenters. The molecular weight excluding hydrogens is 436 g/mol. The molecule has 0 amide bonds. The number of H-pyrrole nitrogens is 2. The summed E-state index contributed by atoms with van der Waals surface area (Å²) >= 11 is 0. The van der Waals surface area contributed by atoms with Crippen molar-refractivity contribution in [1.29, 1.82) is 0 Å². The van der Waals surface area contributed by atoms with Gasteiger partial charge in [-0.25, -0.2) is 9.59 Å². The third-order valence-corrected chi connectivity index (χ3v) is 5.83. The Labute approximate surface area is 194 Å². The van der Waals surface area contributed by atoms with E-state index in [1.165, 1.54) is 9.36 Å². The zero-order chi connectivity index (χ0) is 24.6. The average molecular weight is 463 g/mol. The highest BCUT2D eigenvalue weighted by Gasteiger charge is 2.29. The van der Waals surface area contributed by atoms with E-state index in [1.807, 2.05) is 64.1 Å². The van der Waals surface area contributed by atoms with Crippen LogP contribution in [0.1, 0.15) is 47.5 Å². The van der Waals surface area contributed by atoms with E-state index in [4.69, 9.17) is 9.05 Å². The Bertz CT molecular complexity index is 1450. The minimum absolute atomic E-state index is 0.197. The van der Waals surface area contributed by atoms with Crippen molar-refractivity contribution < 1.29 is 18.4 Å². The molecule has 0 saturated carbocycles. The highest BCUT2D eigenvalue weighted by atomic mass is 16.5. The smallest absolute Gasteiger partial charge is 0.282 e. The summed E-state index contributed by atoms with van der Waals surface area (Å²) in [4.78, 5) is 24.8. The minimum Gasteiger partial charge on any atom is -0.282 e. The van der Waals surface area contributed by atoms with Crippen LogP contribution in [0.4, 0.5) is 0 Å². The van der Waals surface area contributed by atoms with Gasteiger partial charge in [0, 0.05) is 24.3 Å². The zero-order valence-electron chi connectivity index (χ0n) is 19.9. The highest BCUT2D eigenvalue weighted by molar-refractivity contribution is 5.98. The minimum atomic E-state index is -0.585. The molecular formula is C24H26N6O4+2. The van der Waals surface area contributed by atoms with Crippen molar-refractivity contribution in [1.82, 2.24) is 10.5 Å². The van der Waals surface area contributed by atoms with Crippen LogP contribution in [0.2, 0.25) is 0 Å². The van der Waals surface area contributed by atoms with E-state index in [2.05, 4.69) is 20.7 Å². The molecule has 10 nitrogen and oxygen atoms in total. The molecule has 4 rings (SSSR count). The zero-order valence-corrected chi connectivity index (χ0v) is 19.9. The van der Waals surface area contributed by atoms with E-state index in [0.29, 0.717) is 11.4 Å². The predicted molar refractivity (Wildman–Crippen MR) is 125 cm³/mol. The molecule has 0 radical (unpaired) electrons. The van der Waals surface area contributed by atoms with Gasteiger partial charge in [-0.05, 0) is 83.7 Å². The number of nitrogens with one attached hydrogen (secondary N) is 2. The van der Waals surface area contributed by atoms with Gasteiger partial charge in [0.25, 0.3) is 0 Å². The molecule has 2 aromatic heterocycles. The van der Waals surface area contributed by atoms with Crippen LogP contribution < -0.4 is 20.6 Å². The Morgan fingerprint density at radius 2 is 1.06 bits per heavy atom. The van der Waals surface area contributed by atoms with Crippen LogP contribution in [0.5, 0.6) is 0 Å². The van der Waals surface area contributed by atoms with Crippen molar-refractivity contribution in [2.45, 2.75) is 41.5 Å². The summed E-state index contributed by atoms with van der Waals surface area (Å²) in [6.45, 7) is 11.3. The summed E-state index contributed by atoms with van der Waals surface area (Å²) in [5.74, 6) is 0. The van der Waals surface area contributed by atoms with Gasteiger partial charge in [-0.3, -0.25) is 9.05 Å². The molecule has 2 aromatic carbocycles. The third kappa shape index (κ3) is 4.17. The van der Waals surface area contributed by atoms with Crippen LogP contribution in [-0.4, -0.2) is 22.0 Å². The normalized spacial score (nSPS) is 12.4. The molecule has 0 bridgehead atoms. The fourth-order valence-electron chi connectivity index (χ4n) is 3.50. The van der Waals surface area contributed by atoms with E-state index in [-0.39, 0.29) is 11.4 Å². The molecule has 0 aliphatic heterocycles. The van der Waals surface area contributed by atoms with Gasteiger partial charge in [0.15, 0.2) is 0 Å². The number of aryl methyl sites for hydroxylation is 4. The van der Waals surface area contributed by atoms with Crippen LogP contribution in [0, 0.1) is 27.7 Å². The standard InChI is InChI=1S/C24H25N6O4/c1-13-7-9-19(11-15(13)3)29-21(23(31)33-27-29)17(5)25-26-18(6)22-24(32)34-28-30(22)20-10-8-14(2)16(4)12-20/h7-12,27H,1-6H3/q+1/p+1. The SMILES string of the molecule is C/C(=N\N=C(/C)c1c(=O)o[nH][n+]1-c1ccc(C)c(C)c1)c1c(=O)o[nH][n+]1-c1ccc(C)c(C)c1. The van der Waals surface area contributed by atoms with E-state index >= 15 is 0 Å². The summed E-state index contributed by atoms with van der Waals surface area (Å²) in [5.41, 5.74) is 5.68. The largest absolute Gasteiger partial charge is 0.437 e. The second-order valence-electron chi connectivity index (χ2n) is 8.24. The maximum atomic E-state index is 12.4. The Morgan fingerprint density at radius 1 is 0.676 bits per heavy atom. The summed E-state index contributed by atoms with van der Waals surface area (Å²) in [5, 5.41) is 13.6. The number of rotatable bonds is 5. The molecule has 0 saturated heterocycles. The van der Waals surface area contributed by atoms with Gasteiger partial charge in [-0.15, -0.1) is 10.2 Å². The van der Waals surface area contributed by atoms with Gasteiger partial charge in [-0.1, -0.05) is 12.1 Å². The lowest BCUT2D eigenvalue weighted by Gasteiger charge is -1.99. The fraction of sp³-hybridized carbons (Fsp3) is 0.250. The molecule has 2 N–H and O–H groups in total. The van der Waals surface area contributed by atoms with Crippen molar-refractivity contribution in [3.63, 3.8) is 0 Å². The number of nitrogens with zero attached hydrogens (tertiary/aromatic N) is 4. The number of aromatic amines is 2. The van der Waals surface area contributed by atoms with Crippen LogP contribution in [-0.2, 0) is 0 Å². The molecule has 10 heteroatoms. The molecule has 4 aromatic rings. The molecule has 0 spiro atoms. The summed E-state index contributed by atoms with van der Waals surface area (Å²) in [7, 11) is 0. The van der Waals surface area contributed by atoms with Crippen LogP contribution in [0.3, 0.4) is 0 Å². The molecule has 0 aliphatic carbocycles. The second-order valence-corrected chi connectivity index (χ2v) is 8.24. The van der Waals surface area contributed by atoms with Gasteiger partial charge in [-0.2, -0.15) is 0 Å². The van der Waals surface area contributed by atoms with Crippen molar-refractivity contribution in [3.8, 4) is 11.4 Å². The average Bonchev–Trinajstić information content (AvgIpc) is 3.38. The Hall–Kier alpha value is -4.34. The lowest BCUT2D eigenvalue weighted by atomic mass is 10.1. The van der Waals surface area contributed by atoms with Crippen molar-refractivity contribution in [2.24, 2.45) is 10.2 Å². The molecule has 174 valence electrons. The molecule has 0 unspecified atom stereocenters. The molecule has 34 heavy (non-hydrogen) atoms. The lowest BCUT2D eigenvalue weighted by Crippen LogP contribution is -2.41. The number of hydrogen-bond donors (Lipinski definition) is 2. The van der Waals surface area contributed by atoms with Crippen LogP contribution in [0.25, 0.3) is 11.4 Å². The lowest BCUT2D eigenvalue weighted by molar-refractivity contribution is -0.671. The van der Waals surface area contributed by atoms with Crippen molar-refractivity contribution in [3.05, 3.63) is 90.9 Å². The quantitative estimate of drug-likeness (QED) is 0.268. The first-order valence-corrected chi connectivity index (χ1v) is 10.7. The fourth-order valence-corrected chi connectivity index (χ4v) is 3.50. The molecule has 2 heterocycles. The first kappa shape index (κ1) is 22.8. The maximum absolute atomic E-state index is 12.4. The summed E-state index contributed by atoms with van der Waals surface area (Å²) in [6, 6.07) is 11.5.